The van der Waals surface area contributed by atoms with Crippen LogP contribution in [-0.4, -0.2) is 34.9 Å². The van der Waals surface area contributed by atoms with E-state index < -0.39 is 0 Å². The van der Waals surface area contributed by atoms with Crippen LogP contribution < -0.4 is 10.6 Å². The van der Waals surface area contributed by atoms with E-state index in [1.54, 1.807) is 12.3 Å². The molecule has 4 aromatic rings. The topological polar surface area (TPSA) is 84.0 Å². The van der Waals surface area contributed by atoms with Crippen molar-refractivity contribution in [2.45, 2.75) is 0 Å². The van der Waals surface area contributed by atoms with Gasteiger partial charge in [-0.15, -0.1) is 11.3 Å². The standard InChI is InChI=1S/C20H16N4O2S/c25-18(14-7-3-5-13-6-4-10-21-17(13)14)22-11-12-23-19(26)20-24-15-8-1-2-9-16(15)27-20/h1-10H,11-12H2,(H,22,25)(H,23,26). The molecule has 0 aliphatic heterocycles. The van der Waals surface area contributed by atoms with Crippen molar-refractivity contribution in [2.75, 3.05) is 13.1 Å². The van der Waals surface area contributed by atoms with E-state index in [0.717, 1.165) is 15.6 Å². The van der Waals surface area contributed by atoms with Crippen LogP contribution in [0.5, 0.6) is 0 Å². The number of hydrogen-bond donors (Lipinski definition) is 2. The molecular weight excluding hydrogens is 360 g/mol. The SMILES string of the molecule is O=C(NCCNC(=O)c1cccc2cccnc12)c1nc2ccccc2s1. The molecular formula is C20H16N4O2S. The van der Waals surface area contributed by atoms with Crippen LogP contribution in [0.3, 0.4) is 0 Å². The lowest BCUT2D eigenvalue weighted by Gasteiger charge is -2.08. The number of benzene rings is 2. The molecule has 7 heteroatoms. The van der Waals surface area contributed by atoms with Crippen LogP contribution in [0.2, 0.25) is 0 Å². The highest BCUT2D eigenvalue weighted by Crippen LogP contribution is 2.21. The predicted molar refractivity (Wildman–Crippen MR) is 106 cm³/mol. The van der Waals surface area contributed by atoms with Crippen LogP contribution in [0.1, 0.15) is 20.2 Å². The van der Waals surface area contributed by atoms with Crippen molar-refractivity contribution in [3.05, 3.63) is 71.4 Å². The average molecular weight is 376 g/mol. The summed E-state index contributed by atoms with van der Waals surface area (Å²) in [5.41, 5.74) is 1.99. The summed E-state index contributed by atoms with van der Waals surface area (Å²) in [7, 11) is 0. The van der Waals surface area contributed by atoms with E-state index >= 15 is 0 Å². The number of para-hydroxylation sites is 2. The highest BCUT2D eigenvalue weighted by molar-refractivity contribution is 7.20. The van der Waals surface area contributed by atoms with Gasteiger partial charge in [0.2, 0.25) is 0 Å². The molecule has 2 N–H and O–H groups in total. The van der Waals surface area contributed by atoms with E-state index in [1.807, 2.05) is 48.5 Å². The zero-order valence-corrected chi connectivity index (χ0v) is 15.1. The van der Waals surface area contributed by atoms with Gasteiger partial charge in [-0.05, 0) is 24.3 Å². The van der Waals surface area contributed by atoms with Crippen molar-refractivity contribution >= 4 is 44.3 Å². The molecule has 27 heavy (non-hydrogen) atoms. The number of carbonyl (C=O) groups is 2. The predicted octanol–water partition coefficient (Wildman–Crippen LogP) is 3.00. The van der Waals surface area contributed by atoms with E-state index in [9.17, 15) is 9.59 Å². The van der Waals surface area contributed by atoms with Gasteiger partial charge in [-0.3, -0.25) is 14.6 Å². The number of nitrogens with one attached hydrogen (secondary N) is 2. The molecule has 0 unspecified atom stereocenters. The first-order chi connectivity index (χ1) is 13.2. The van der Waals surface area contributed by atoms with Gasteiger partial charge in [-0.2, -0.15) is 0 Å². The van der Waals surface area contributed by atoms with Crippen molar-refractivity contribution in [3.8, 4) is 0 Å². The molecule has 0 saturated heterocycles. The quantitative estimate of drug-likeness (QED) is 0.525. The number of carbonyl (C=O) groups excluding carboxylic acids is 2. The molecule has 4 rings (SSSR count). The molecule has 134 valence electrons. The first kappa shape index (κ1) is 17.1. The molecule has 0 radical (unpaired) electrons. The maximum absolute atomic E-state index is 12.4. The Bertz CT molecular complexity index is 1100. The van der Waals surface area contributed by atoms with Crippen LogP contribution >= 0.6 is 11.3 Å². The Morgan fingerprint density at radius 2 is 1.67 bits per heavy atom. The monoisotopic (exact) mass is 376 g/mol. The smallest absolute Gasteiger partial charge is 0.280 e. The molecule has 2 heterocycles. The minimum Gasteiger partial charge on any atom is -0.350 e. The maximum Gasteiger partial charge on any atom is 0.280 e. The van der Waals surface area contributed by atoms with Gasteiger partial charge in [0.25, 0.3) is 11.8 Å². The Morgan fingerprint density at radius 3 is 2.52 bits per heavy atom. The summed E-state index contributed by atoms with van der Waals surface area (Å²) < 4.78 is 0.972. The molecule has 6 nitrogen and oxygen atoms in total. The van der Waals surface area contributed by atoms with Crippen molar-refractivity contribution < 1.29 is 9.59 Å². The Kier molecular flexibility index (Phi) is 4.76. The van der Waals surface area contributed by atoms with E-state index in [4.69, 9.17) is 0 Å². The number of fused-ring (bicyclic) bond motifs is 2. The molecule has 0 saturated carbocycles. The van der Waals surface area contributed by atoms with Crippen molar-refractivity contribution in [1.29, 1.82) is 0 Å². The van der Waals surface area contributed by atoms with Crippen LogP contribution in [-0.2, 0) is 0 Å². The largest absolute Gasteiger partial charge is 0.350 e. The molecule has 2 aromatic heterocycles. The lowest BCUT2D eigenvalue weighted by Crippen LogP contribution is -2.34. The summed E-state index contributed by atoms with van der Waals surface area (Å²) in [5.74, 6) is -0.453. The fraction of sp³-hybridized carbons (Fsp3) is 0.100. The number of nitrogens with zero attached hydrogens (tertiary/aromatic N) is 2. The molecule has 0 bridgehead atoms. The second kappa shape index (κ2) is 7.51. The molecule has 0 aliphatic carbocycles. The lowest BCUT2D eigenvalue weighted by molar-refractivity contribution is 0.0928. The number of pyridine rings is 1. The number of rotatable bonds is 5. The maximum atomic E-state index is 12.4. The first-order valence-electron chi connectivity index (χ1n) is 8.48. The zero-order chi connectivity index (χ0) is 18.6. The fourth-order valence-corrected chi connectivity index (χ4v) is 3.66. The second-order valence-corrected chi connectivity index (χ2v) is 6.91. The average Bonchev–Trinajstić information content (AvgIpc) is 3.15. The molecule has 0 atom stereocenters. The van der Waals surface area contributed by atoms with Gasteiger partial charge in [-0.1, -0.05) is 30.3 Å². The molecule has 0 spiro atoms. The Labute approximate surface area is 159 Å². The summed E-state index contributed by atoms with van der Waals surface area (Å²) in [4.78, 5) is 33.2. The van der Waals surface area contributed by atoms with Crippen molar-refractivity contribution in [3.63, 3.8) is 0 Å². The number of amides is 2. The third kappa shape index (κ3) is 3.63. The Hall–Kier alpha value is -3.32. The van der Waals surface area contributed by atoms with Gasteiger partial charge >= 0.3 is 0 Å². The van der Waals surface area contributed by atoms with E-state index in [1.165, 1.54) is 11.3 Å². The van der Waals surface area contributed by atoms with Gasteiger partial charge in [0.15, 0.2) is 5.01 Å². The minimum absolute atomic E-state index is 0.214. The highest BCUT2D eigenvalue weighted by atomic mass is 32.1. The number of aromatic nitrogens is 2. The summed E-state index contributed by atoms with van der Waals surface area (Å²) in [6.07, 6.45) is 1.66. The second-order valence-electron chi connectivity index (χ2n) is 5.88. The summed E-state index contributed by atoms with van der Waals surface area (Å²) in [5, 5.41) is 6.93. The van der Waals surface area contributed by atoms with Crippen LogP contribution in [0.15, 0.2) is 60.8 Å². The number of thiazole rings is 1. The van der Waals surface area contributed by atoms with Crippen LogP contribution in [0, 0.1) is 0 Å². The number of hydrogen-bond acceptors (Lipinski definition) is 5. The minimum atomic E-state index is -0.239. The zero-order valence-electron chi connectivity index (χ0n) is 14.3. The lowest BCUT2D eigenvalue weighted by atomic mass is 10.1. The van der Waals surface area contributed by atoms with Gasteiger partial charge in [0.05, 0.1) is 21.3 Å². The van der Waals surface area contributed by atoms with Gasteiger partial charge in [0, 0.05) is 24.7 Å². The van der Waals surface area contributed by atoms with Gasteiger partial charge < -0.3 is 10.6 Å². The first-order valence-corrected chi connectivity index (χ1v) is 9.30. The summed E-state index contributed by atoms with van der Waals surface area (Å²) >= 11 is 1.35. The third-order valence-electron chi connectivity index (χ3n) is 4.06. The molecule has 0 fully saturated rings. The van der Waals surface area contributed by atoms with Gasteiger partial charge in [-0.25, -0.2) is 4.98 Å². The van der Waals surface area contributed by atoms with Crippen molar-refractivity contribution in [2.24, 2.45) is 0 Å². The Morgan fingerprint density at radius 1 is 0.889 bits per heavy atom. The molecule has 2 aromatic carbocycles. The third-order valence-corrected chi connectivity index (χ3v) is 5.10. The van der Waals surface area contributed by atoms with E-state index in [2.05, 4.69) is 20.6 Å². The summed E-state index contributed by atoms with van der Waals surface area (Å²) in [6, 6.07) is 16.8. The van der Waals surface area contributed by atoms with Gasteiger partial charge in [0.1, 0.15) is 0 Å². The fourth-order valence-electron chi connectivity index (χ4n) is 2.78. The molecule has 2 amide bonds. The van der Waals surface area contributed by atoms with Crippen LogP contribution in [0.25, 0.3) is 21.1 Å². The van der Waals surface area contributed by atoms with Crippen LogP contribution in [0.4, 0.5) is 0 Å². The van der Waals surface area contributed by atoms with E-state index in [-0.39, 0.29) is 11.8 Å². The van der Waals surface area contributed by atoms with Crippen molar-refractivity contribution in [1.82, 2.24) is 20.6 Å². The normalized spacial score (nSPS) is 10.8. The van der Waals surface area contributed by atoms with E-state index in [0.29, 0.717) is 29.2 Å². The highest BCUT2D eigenvalue weighted by Gasteiger charge is 2.13. The summed E-state index contributed by atoms with van der Waals surface area (Å²) in [6.45, 7) is 0.636. The Balaban J connectivity index is 1.34. The molecule has 0 aliphatic rings.